The number of benzene rings is 1. The molecular formula is C14H11ClN4O4S. The van der Waals surface area contributed by atoms with Crippen LogP contribution >= 0.6 is 11.6 Å². The Bertz CT molecular complexity index is 986. The Kier molecular flexibility index (Phi) is 4.12. The van der Waals surface area contributed by atoms with E-state index in [-0.39, 0.29) is 21.5 Å². The number of phenols is 1. The number of nitrogens with one attached hydrogen (secondary N) is 1. The number of sulfonamides is 1. The fourth-order valence-electron chi connectivity index (χ4n) is 1.90. The molecule has 0 fully saturated rings. The van der Waals surface area contributed by atoms with Gasteiger partial charge < -0.3 is 9.63 Å². The average Bonchev–Trinajstić information content (AvgIpc) is 2.97. The fraction of sp³-hybridized carbons (Fsp3) is 0.0714. The van der Waals surface area contributed by atoms with Crippen LogP contribution in [0.1, 0.15) is 5.82 Å². The summed E-state index contributed by atoms with van der Waals surface area (Å²) in [6.45, 7) is 1.67. The molecule has 3 rings (SSSR count). The lowest BCUT2D eigenvalue weighted by Crippen LogP contribution is -2.13. The van der Waals surface area contributed by atoms with Gasteiger partial charge in [-0.1, -0.05) is 22.8 Å². The van der Waals surface area contributed by atoms with Gasteiger partial charge in [-0.2, -0.15) is 4.98 Å². The molecule has 2 heterocycles. The second-order valence-corrected chi connectivity index (χ2v) is 6.83. The molecule has 10 heteroatoms. The van der Waals surface area contributed by atoms with Gasteiger partial charge >= 0.3 is 0 Å². The first-order chi connectivity index (χ1) is 11.4. The molecule has 24 heavy (non-hydrogen) atoms. The van der Waals surface area contributed by atoms with Crippen molar-refractivity contribution < 1.29 is 18.0 Å². The number of aromatic nitrogens is 3. The summed E-state index contributed by atoms with van der Waals surface area (Å²) in [5.74, 6) is 0.181. The minimum atomic E-state index is -4.02. The predicted molar refractivity (Wildman–Crippen MR) is 86.2 cm³/mol. The molecule has 0 amide bonds. The molecule has 0 aliphatic rings. The Morgan fingerprint density at radius 1 is 1.25 bits per heavy atom. The Morgan fingerprint density at radius 2 is 2.04 bits per heavy atom. The molecule has 0 radical (unpaired) electrons. The van der Waals surface area contributed by atoms with Gasteiger partial charge in [0.2, 0.25) is 0 Å². The second-order valence-electron chi connectivity index (χ2n) is 4.77. The maximum atomic E-state index is 12.3. The predicted octanol–water partition coefficient (Wildman–Crippen LogP) is 2.60. The SMILES string of the molecule is Cc1noc(-c2ccc(NS(=O)(=O)c3cccc(Cl)c3O)cn2)n1. The van der Waals surface area contributed by atoms with E-state index in [1.54, 1.807) is 6.92 Å². The summed E-state index contributed by atoms with van der Waals surface area (Å²) >= 11 is 5.74. The highest BCUT2D eigenvalue weighted by Gasteiger charge is 2.20. The highest BCUT2D eigenvalue weighted by molar-refractivity contribution is 7.92. The third-order valence-corrected chi connectivity index (χ3v) is 4.72. The van der Waals surface area contributed by atoms with Crippen molar-refractivity contribution in [1.82, 2.24) is 15.1 Å². The zero-order chi connectivity index (χ0) is 17.3. The standard InChI is InChI=1S/C14H11ClN4O4S/c1-8-17-14(23-18-8)11-6-5-9(7-16-11)19-24(21,22)12-4-2-3-10(15)13(12)20/h2-7,19-20H,1H3. The molecule has 8 nitrogen and oxygen atoms in total. The van der Waals surface area contributed by atoms with Crippen molar-refractivity contribution in [3.8, 4) is 17.3 Å². The maximum absolute atomic E-state index is 12.3. The number of aryl methyl sites for hydroxylation is 1. The molecule has 1 aromatic carbocycles. The summed E-state index contributed by atoms with van der Waals surface area (Å²) in [5.41, 5.74) is 0.610. The minimum Gasteiger partial charge on any atom is -0.505 e. The molecule has 124 valence electrons. The van der Waals surface area contributed by atoms with Crippen molar-refractivity contribution in [2.24, 2.45) is 0 Å². The van der Waals surface area contributed by atoms with Crippen molar-refractivity contribution in [1.29, 1.82) is 0 Å². The van der Waals surface area contributed by atoms with E-state index < -0.39 is 15.8 Å². The molecular weight excluding hydrogens is 356 g/mol. The summed E-state index contributed by atoms with van der Waals surface area (Å²) in [4.78, 5) is 7.77. The van der Waals surface area contributed by atoms with Crippen LogP contribution in [0.5, 0.6) is 5.75 Å². The first-order valence-electron chi connectivity index (χ1n) is 6.64. The van der Waals surface area contributed by atoms with Gasteiger partial charge in [0, 0.05) is 0 Å². The van der Waals surface area contributed by atoms with E-state index in [4.69, 9.17) is 16.1 Å². The summed E-state index contributed by atoms with van der Waals surface area (Å²) in [7, 11) is -4.02. The zero-order valence-corrected chi connectivity index (χ0v) is 13.8. The van der Waals surface area contributed by atoms with Gasteiger partial charge in [0.25, 0.3) is 15.9 Å². The molecule has 3 aromatic rings. The van der Waals surface area contributed by atoms with E-state index in [0.29, 0.717) is 11.5 Å². The molecule has 0 atom stereocenters. The van der Waals surface area contributed by atoms with E-state index in [2.05, 4.69) is 19.8 Å². The fourth-order valence-corrected chi connectivity index (χ4v) is 3.30. The van der Waals surface area contributed by atoms with Gasteiger partial charge in [-0.3, -0.25) is 4.72 Å². The number of nitrogens with zero attached hydrogens (tertiary/aromatic N) is 3. The number of para-hydroxylation sites is 1. The van der Waals surface area contributed by atoms with Crippen molar-refractivity contribution in [2.45, 2.75) is 11.8 Å². The molecule has 2 N–H and O–H groups in total. The molecule has 0 saturated heterocycles. The normalized spacial score (nSPS) is 11.4. The number of phenolic OH excluding ortho intramolecular Hbond substituents is 1. The monoisotopic (exact) mass is 366 g/mol. The topological polar surface area (TPSA) is 118 Å². The molecule has 0 aliphatic carbocycles. The number of aromatic hydroxyl groups is 1. The minimum absolute atomic E-state index is 0.0573. The zero-order valence-electron chi connectivity index (χ0n) is 12.3. The van der Waals surface area contributed by atoms with Crippen LogP contribution in [0.4, 0.5) is 5.69 Å². The highest BCUT2D eigenvalue weighted by Crippen LogP contribution is 2.31. The van der Waals surface area contributed by atoms with Crippen LogP contribution in [0.3, 0.4) is 0 Å². The number of hydrogen-bond donors (Lipinski definition) is 2. The lowest BCUT2D eigenvalue weighted by atomic mass is 10.3. The van der Waals surface area contributed by atoms with E-state index >= 15 is 0 Å². The summed E-state index contributed by atoms with van der Waals surface area (Å²) < 4.78 is 32.0. The van der Waals surface area contributed by atoms with Crippen molar-refractivity contribution >= 4 is 27.3 Å². The molecule has 0 saturated carbocycles. The quantitative estimate of drug-likeness (QED) is 0.728. The number of anilines is 1. The Balaban J connectivity index is 1.86. The van der Waals surface area contributed by atoms with Crippen LogP contribution in [0.15, 0.2) is 45.9 Å². The molecule has 0 unspecified atom stereocenters. The Hall–Kier alpha value is -2.65. The highest BCUT2D eigenvalue weighted by atomic mass is 35.5. The van der Waals surface area contributed by atoms with Crippen molar-refractivity contribution in [3.05, 3.63) is 47.4 Å². The summed E-state index contributed by atoms with van der Waals surface area (Å²) in [6.07, 6.45) is 1.30. The Labute approximate surface area is 142 Å². The second kappa shape index (κ2) is 6.10. The molecule has 2 aromatic heterocycles. The van der Waals surface area contributed by atoms with Crippen LogP contribution in [0.2, 0.25) is 5.02 Å². The van der Waals surface area contributed by atoms with Gasteiger partial charge in [0.1, 0.15) is 10.6 Å². The average molecular weight is 367 g/mol. The first kappa shape index (κ1) is 16.2. The molecule has 0 aliphatic heterocycles. The van der Waals surface area contributed by atoms with Gasteiger partial charge in [-0.05, 0) is 31.2 Å². The summed E-state index contributed by atoms with van der Waals surface area (Å²) in [6, 6.07) is 7.07. The van der Waals surface area contributed by atoms with Crippen LogP contribution in [-0.2, 0) is 10.0 Å². The third kappa shape index (κ3) is 3.17. The van der Waals surface area contributed by atoms with Gasteiger partial charge in [-0.25, -0.2) is 13.4 Å². The van der Waals surface area contributed by atoms with Gasteiger partial charge in [0.15, 0.2) is 11.6 Å². The third-order valence-electron chi connectivity index (χ3n) is 3.00. The molecule has 0 bridgehead atoms. The van der Waals surface area contributed by atoms with E-state index in [1.165, 1.54) is 36.5 Å². The van der Waals surface area contributed by atoms with E-state index in [9.17, 15) is 13.5 Å². The lowest BCUT2D eigenvalue weighted by Gasteiger charge is -2.10. The number of halogens is 1. The van der Waals surface area contributed by atoms with Gasteiger partial charge in [0.05, 0.1) is 16.9 Å². The Morgan fingerprint density at radius 3 is 2.67 bits per heavy atom. The van der Waals surface area contributed by atoms with Crippen LogP contribution in [0, 0.1) is 6.92 Å². The number of rotatable bonds is 4. The van der Waals surface area contributed by atoms with Crippen molar-refractivity contribution in [3.63, 3.8) is 0 Å². The molecule has 0 spiro atoms. The first-order valence-corrected chi connectivity index (χ1v) is 8.50. The van der Waals surface area contributed by atoms with Crippen LogP contribution in [-0.4, -0.2) is 28.6 Å². The van der Waals surface area contributed by atoms with Crippen LogP contribution < -0.4 is 4.72 Å². The maximum Gasteiger partial charge on any atom is 0.276 e. The van der Waals surface area contributed by atoms with Crippen molar-refractivity contribution in [2.75, 3.05) is 4.72 Å². The lowest BCUT2D eigenvalue weighted by molar-refractivity contribution is 0.424. The van der Waals surface area contributed by atoms with Gasteiger partial charge in [-0.15, -0.1) is 0 Å². The summed E-state index contributed by atoms with van der Waals surface area (Å²) in [5, 5.41) is 13.4. The number of pyridine rings is 1. The van der Waals surface area contributed by atoms with E-state index in [0.717, 1.165) is 0 Å². The number of hydrogen-bond acceptors (Lipinski definition) is 7. The smallest absolute Gasteiger partial charge is 0.276 e. The van der Waals surface area contributed by atoms with E-state index in [1.807, 2.05) is 0 Å². The largest absolute Gasteiger partial charge is 0.505 e. The van der Waals surface area contributed by atoms with Crippen LogP contribution in [0.25, 0.3) is 11.6 Å².